The number of phenolic OH excluding ortho intramolecular Hbond substituents is 1. The third-order valence-electron chi connectivity index (χ3n) is 2.60. The summed E-state index contributed by atoms with van der Waals surface area (Å²) in [6.45, 7) is 1.88. The number of rotatable bonds is 4. The maximum Gasteiger partial charge on any atom is 0.257 e. The molecule has 0 fully saturated rings. The van der Waals surface area contributed by atoms with Crippen LogP contribution in [-0.4, -0.2) is 24.8 Å². The summed E-state index contributed by atoms with van der Waals surface area (Å²) in [5.74, 6) is -0.236. The first-order valence-electron chi connectivity index (χ1n) is 5.71. The molecule has 1 atom stereocenters. The summed E-state index contributed by atoms with van der Waals surface area (Å²) in [4.78, 5) is 15.9. The topological polar surface area (TPSA) is 99.5 Å². The molecule has 0 aliphatic rings. The summed E-state index contributed by atoms with van der Waals surface area (Å²) in [6, 6.07) is 4.57. The maximum atomic E-state index is 12.0. The summed E-state index contributed by atoms with van der Waals surface area (Å²) >= 11 is -1.17. The highest BCUT2D eigenvalue weighted by molar-refractivity contribution is 7.81. The van der Waals surface area contributed by atoms with Crippen molar-refractivity contribution in [1.82, 2.24) is 4.98 Å². The highest BCUT2D eigenvalue weighted by atomic mass is 32.2. The van der Waals surface area contributed by atoms with Gasteiger partial charge in [-0.1, -0.05) is 18.3 Å². The highest BCUT2D eigenvalue weighted by Crippen LogP contribution is 2.23. The van der Waals surface area contributed by atoms with Crippen LogP contribution in [0.1, 0.15) is 22.8 Å². The lowest BCUT2D eigenvalue weighted by Gasteiger charge is -2.05. The molecule has 1 aromatic heterocycles. The number of benzene rings is 1. The number of thiazole rings is 1. The van der Waals surface area contributed by atoms with Gasteiger partial charge in [-0.15, -0.1) is 0 Å². The first kappa shape index (κ1) is 14.6. The standard InChI is InChI=1S/C12H12N2O4S2/c1-2-7-5-8(3-4-9(7)15)11(16)14-12-13-6-10(19-12)20(17)18/h3-6,15H,2H2,1H3,(H,17,18)(H,13,14,16). The molecule has 1 amide bonds. The van der Waals surface area contributed by atoms with Crippen molar-refractivity contribution in [3.63, 3.8) is 0 Å². The van der Waals surface area contributed by atoms with Crippen molar-refractivity contribution < 1.29 is 18.7 Å². The minimum absolute atomic E-state index is 0.149. The molecule has 1 heterocycles. The van der Waals surface area contributed by atoms with Gasteiger partial charge in [0.25, 0.3) is 5.91 Å². The zero-order valence-corrected chi connectivity index (χ0v) is 12.1. The molecule has 0 spiro atoms. The Morgan fingerprint density at radius 3 is 2.85 bits per heavy atom. The molecular weight excluding hydrogens is 300 g/mol. The van der Waals surface area contributed by atoms with E-state index in [0.717, 1.165) is 11.3 Å². The maximum absolute atomic E-state index is 12.0. The van der Waals surface area contributed by atoms with Crippen molar-refractivity contribution in [3.05, 3.63) is 35.5 Å². The van der Waals surface area contributed by atoms with Crippen molar-refractivity contribution in [2.45, 2.75) is 17.6 Å². The lowest BCUT2D eigenvalue weighted by Crippen LogP contribution is -2.11. The third kappa shape index (κ3) is 3.21. The van der Waals surface area contributed by atoms with Crippen LogP contribution in [0.3, 0.4) is 0 Å². The number of hydrogen-bond donors (Lipinski definition) is 3. The van der Waals surface area contributed by atoms with Gasteiger partial charge < -0.3 is 9.66 Å². The van der Waals surface area contributed by atoms with Gasteiger partial charge in [-0.25, -0.2) is 9.19 Å². The zero-order valence-electron chi connectivity index (χ0n) is 10.5. The SMILES string of the molecule is CCc1cc(C(=O)Nc2ncc(S(=O)O)s2)ccc1O. The predicted octanol–water partition coefficient (Wildman–Crippen LogP) is 2.24. The zero-order chi connectivity index (χ0) is 14.7. The molecule has 0 saturated carbocycles. The van der Waals surface area contributed by atoms with Crippen LogP contribution < -0.4 is 5.32 Å². The van der Waals surface area contributed by atoms with Gasteiger partial charge in [0.1, 0.15) is 9.96 Å². The van der Waals surface area contributed by atoms with Gasteiger partial charge in [0.2, 0.25) is 0 Å². The number of amides is 1. The number of nitrogens with one attached hydrogen (secondary N) is 1. The van der Waals surface area contributed by atoms with E-state index in [1.165, 1.54) is 18.3 Å². The van der Waals surface area contributed by atoms with Crippen molar-refractivity contribution >= 4 is 33.5 Å². The van der Waals surface area contributed by atoms with E-state index in [1.807, 2.05) is 6.92 Å². The second-order valence-corrected chi connectivity index (χ2v) is 6.11. The molecule has 6 nitrogen and oxygen atoms in total. The van der Waals surface area contributed by atoms with E-state index < -0.39 is 11.1 Å². The van der Waals surface area contributed by atoms with Crippen LogP contribution in [-0.2, 0) is 17.5 Å². The Balaban J connectivity index is 2.17. The van der Waals surface area contributed by atoms with Crippen molar-refractivity contribution in [3.8, 4) is 5.75 Å². The van der Waals surface area contributed by atoms with Crippen LogP contribution in [0.4, 0.5) is 5.13 Å². The number of aromatic hydroxyl groups is 1. The minimum atomic E-state index is -2.10. The lowest BCUT2D eigenvalue weighted by atomic mass is 10.1. The van der Waals surface area contributed by atoms with Crippen molar-refractivity contribution in [1.29, 1.82) is 0 Å². The van der Waals surface area contributed by atoms with Gasteiger partial charge in [-0.3, -0.25) is 10.1 Å². The van der Waals surface area contributed by atoms with Crippen molar-refractivity contribution in [2.24, 2.45) is 0 Å². The van der Waals surface area contributed by atoms with Crippen LogP contribution in [0.2, 0.25) is 0 Å². The molecule has 1 aromatic carbocycles. The molecule has 20 heavy (non-hydrogen) atoms. The molecule has 8 heteroatoms. The number of aryl methyl sites for hydroxylation is 1. The number of hydrogen-bond acceptors (Lipinski definition) is 5. The Hall–Kier alpha value is -1.77. The molecule has 2 aromatic rings. The molecule has 0 bridgehead atoms. The Bertz CT molecular complexity index is 669. The average Bonchev–Trinajstić information content (AvgIpc) is 2.88. The monoisotopic (exact) mass is 312 g/mol. The fourth-order valence-corrected chi connectivity index (χ4v) is 2.79. The van der Waals surface area contributed by atoms with Gasteiger partial charge >= 0.3 is 0 Å². The quantitative estimate of drug-likeness (QED) is 0.752. The fraction of sp³-hybridized carbons (Fsp3) is 0.167. The van der Waals surface area contributed by atoms with Gasteiger partial charge in [-0.2, -0.15) is 0 Å². The van der Waals surface area contributed by atoms with Crippen LogP contribution in [0, 0.1) is 0 Å². The second-order valence-electron chi connectivity index (χ2n) is 3.88. The van der Waals surface area contributed by atoms with Gasteiger partial charge in [0, 0.05) is 5.56 Å². The Morgan fingerprint density at radius 1 is 1.50 bits per heavy atom. The molecule has 106 valence electrons. The molecule has 0 saturated heterocycles. The second kappa shape index (κ2) is 6.12. The summed E-state index contributed by atoms with van der Waals surface area (Å²) in [5.41, 5.74) is 1.07. The number of aromatic nitrogens is 1. The van der Waals surface area contributed by atoms with Gasteiger partial charge in [-0.05, 0) is 30.2 Å². The summed E-state index contributed by atoms with van der Waals surface area (Å²) < 4.78 is 19.9. The number of carbonyl (C=O) groups is 1. The Kier molecular flexibility index (Phi) is 4.48. The van der Waals surface area contributed by atoms with Crippen molar-refractivity contribution in [2.75, 3.05) is 5.32 Å². The van der Waals surface area contributed by atoms with E-state index in [-0.39, 0.29) is 21.0 Å². The minimum Gasteiger partial charge on any atom is -0.508 e. The van der Waals surface area contributed by atoms with Crippen LogP contribution in [0.5, 0.6) is 5.75 Å². The van der Waals surface area contributed by atoms with E-state index in [1.54, 1.807) is 6.07 Å². The number of carbonyl (C=O) groups excluding carboxylic acids is 1. The van der Waals surface area contributed by atoms with E-state index >= 15 is 0 Å². The van der Waals surface area contributed by atoms with E-state index in [2.05, 4.69) is 10.3 Å². The third-order valence-corrected chi connectivity index (χ3v) is 4.43. The van der Waals surface area contributed by atoms with E-state index in [4.69, 9.17) is 4.55 Å². The number of nitrogens with zero attached hydrogens (tertiary/aromatic N) is 1. The molecule has 3 N–H and O–H groups in total. The first-order chi connectivity index (χ1) is 9.51. The largest absolute Gasteiger partial charge is 0.508 e. The normalized spacial score (nSPS) is 12.1. The first-order valence-corrected chi connectivity index (χ1v) is 7.63. The fourth-order valence-electron chi connectivity index (χ4n) is 1.58. The average molecular weight is 312 g/mol. The number of anilines is 1. The van der Waals surface area contributed by atoms with Gasteiger partial charge in [0.15, 0.2) is 16.2 Å². The molecule has 0 aliphatic heterocycles. The van der Waals surface area contributed by atoms with Crippen LogP contribution in [0.25, 0.3) is 0 Å². The van der Waals surface area contributed by atoms with Crippen LogP contribution in [0.15, 0.2) is 28.6 Å². The predicted molar refractivity (Wildman–Crippen MR) is 76.6 cm³/mol. The summed E-state index contributed by atoms with van der Waals surface area (Å²) in [7, 11) is 0. The highest BCUT2D eigenvalue weighted by Gasteiger charge is 2.12. The van der Waals surface area contributed by atoms with Crippen LogP contribution >= 0.6 is 11.3 Å². The van der Waals surface area contributed by atoms with E-state index in [9.17, 15) is 14.1 Å². The van der Waals surface area contributed by atoms with E-state index in [0.29, 0.717) is 17.5 Å². The smallest absolute Gasteiger partial charge is 0.257 e. The summed E-state index contributed by atoms with van der Waals surface area (Å²) in [6.07, 6.45) is 1.85. The molecular formula is C12H12N2O4S2. The van der Waals surface area contributed by atoms with Gasteiger partial charge in [0.05, 0.1) is 6.20 Å². The Labute approximate surface area is 121 Å². The molecule has 0 aliphatic carbocycles. The Morgan fingerprint density at radius 2 is 2.25 bits per heavy atom. The summed E-state index contributed by atoms with van der Waals surface area (Å²) in [5, 5.41) is 12.4. The molecule has 1 unspecified atom stereocenters. The lowest BCUT2D eigenvalue weighted by molar-refractivity contribution is 0.102. The number of phenols is 1. The molecule has 0 radical (unpaired) electrons. The molecule has 2 rings (SSSR count).